The predicted molar refractivity (Wildman–Crippen MR) is 177 cm³/mol. The molecule has 0 spiro atoms. The molecule has 2 nitrogen and oxygen atoms in total. The molecule has 0 fully saturated rings. The highest BCUT2D eigenvalue weighted by Gasteiger charge is 2.04. The number of benzene rings is 6. The molecule has 0 aliphatic rings. The van der Waals surface area contributed by atoms with Crippen LogP contribution in [0.15, 0.2) is 146 Å². The van der Waals surface area contributed by atoms with Crippen LogP contribution in [0, 0.1) is 6.92 Å². The van der Waals surface area contributed by atoms with Gasteiger partial charge in [0.25, 0.3) is 0 Å². The molecule has 0 aliphatic heterocycles. The summed E-state index contributed by atoms with van der Waals surface area (Å²) in [4.78, 5) is 0. The molecule has 0 N–H and O–H groups in total. The maximum Gasteiger partial charge on any atom is 0.127 e. The first kappa shape index (κ1) is 28.1. The predicted octanol–water partition coefficient (Wildman–Crippen LogP) is 10.2. The number of hydrogen-bond donors (Lipinski definition) is 0. The summed E-state index contributed by atoms with van der Waals surface area (Å²) in [5, 5.41) is 0. The van der Waals surface area contributed by atoms with Crippen molar-refractivity contribution in [2.75, 3.05) is 7.11 Å². The lowest BCUT2D eigenvalue weighted by Gasteiger charge is -2.09. The topological polar surface area (TPSA) is 18.5 Å². The number of ether oxygens (including phenoxy) is 2. The minimum Gasteiger partial charge on any atom is -0.497 e. The van der Waals surface area contributed by atoms with Gasteiger partial charge < -0.3 is 9.47 Å². The van der Waals surface area contributed by atoms with E-state index in [4.69, 9.17) is 9.47 Å². The van der Waals surface area contributed by atoms with E-state index in [-0.39, 0.29) is 0 Å². The molecule has 0 aliphatic carbocycles. The Hall–Kier alpha value is -5.08. The molecule has 6 rings (SSSR count). The van der Waals surface area contributed by atoms with Crippen LogP contribution in [0.2, 0.25) is 0 Å². The second-order valence-electron chi connectivity index (χ2n) is 11.1. The van der Waals surface area contributed by atoms with Crippen molar-refractivity contribution in [2.24, 2.45) is 0 Å². The van der Waals surface area contributed by atoms with E-state index < -0.39 is 0 Å². The van der Waals surface area contributed by atoms with Crippen LogP contribution >= 0.6 is 0 Å². The van der Waals surface area contributed by atoms with Gasteiger partial charge >= 0.3 is 0 Å². The van der Waals surface area contributed by atoms with Crippen LogP contribution in [0.5, 0.6) is 17.2 Å². The van der Waals surface area contributed by atoms with Crippen molar-refractivity contribution in [3.05, 3.63) is 185 Å². The van der Waals surface area contributed by atoms with Crippen LogP contribution in [-0.2, 0) is 19.3 Å². The van der Waals surface area contributed by atoms with Crippen molar-refractivity contribution in [2.45, 2.75) is 26.2 Å². The molecule has 2 heteroatoms. The molecule has 0 unspecified atom stereocenters. The molecule has 212 valence electrons. The van der Waals surface area contributed by atoms with Gasteiger partial charge in [0.05, 0.1) is 7.11 Å². The fraction of sp³-hybridized carbons (Fsp3) is 0.122. The fourth-order valence-electron chi connectivity index (χ4n) is 5.27. The van der Waals surface area contributed by atoms with Crippen molar-refractivity contribution in [1.82, 2.24) is 0 Å². The second-order valence-corrected chi connectivity index (χ2v) is 11.1. The molecule has 0 atom stereocenters. The van der Waals surface area contributed by atoms with E-state index in [1.54, 1.807) is 7.11 Å². The quantitative estimate of drug-likeness (QED) is 0.166. The van der Waals surface area contributed by atoms with Crippen LogP contribution in [-0.4, -0.2) is 7.11 Å². The van der Waals surface area contributed by atoms with Gasteiger partial charge in [0, 0.05) is 0 Å². The molecule has 0 amide bonds. The minimum atomic E-state index is 0.848. The fourth-order valence-corrected chi connectivity index (χ4v) is 5.27. The third-order valence-corrected chi connectivity index (χ3v) is 7.83. The van der Waals surface area contributed by atoms with E-state index in [0.29, 0.717) is 0 Å². The highest BCUT2D eigenvalue weighted by Crippen LogP contribution is 2.26. The van der Waals surface area contributed by atoms with E-state index in [9.17, 15) is 0 Å². The normalized spacial score (nSPS) is 10.8. The van der Waals surface area contributed by atoms with E-state index in [0.717, 1.165) is 36.5 Å². The van der Waals surface area contributed by atoms with E-state index in [1.165, 1.54) is 50.1 Å². The van der Waals surface area contributed by atoms with E-state index >= 15 is 0 Å². The molecule has 0 bridgehead atoms. The van der Waals surface area contributed by atoms with Crippen LogP contribution in [0.1, 0.15) is 38.9 Å². The molecule has 6 aromatic carbocycles. The van der Waals surface area contributed by atoms with Crippen molar-refractivity contribution >= 4 is 0 Å². The number of rotatable bonds is 10. The van der Waals surface area contributed by atoms with E-state index in [1.807, 2.05) is 24.3 Å². The summed E-state index contributed by atoms with van der Waals surface area (Å²) in [6.45, 7) is 2.12. The van der Waals surface area contributed by atoms with Crippen LogP contribution < -0.4 is 9.47 Å². The van der Waals surface area contributed by atoms with Crippen LogP contribution in [0.4, 0.5) is 0 Å². The molecule has 0 radical (unpaired) electrons. The lowest BCUT2D eigenvalue weighted by molar-refractivity contribution is 0.414. The molecule has 43 heavy (non-hydrogen) atoms. The van der Waals surface area contributed by atoms with Gasteiger partial charge in [-0.2, -0.15) is 0 Å². The van der Waals surface area contributed by atoms with E-state index in [2.05, 4.69) is 128 Å². The third-order valence-electron chi connectivity index (χ3n) is 7.83. The highest BCUT2D eigenvalue weighted by atomic mass is 16.5. The van der Waals surface area contributed by atoms with Crippen molar-refractivity contribution < 1.29 is 9.47 Å². The van der Waals surface area contributed by atoms with Crippen LogP contribution in [0.3, 0.4) is 0 Å². The Bertz CT molecular complexity index is 1730. The van der Waals surface area contributed by atoms with Crippen LogP contribution in [0.25, 0.3) is 11.1 Å². The van der Waals surface area contributed by atoms with Gasteiger partial charge in [-0.3, -0.25) is 0 Å². The van der Waals surface area contributed by atoms with Gasteiger partial charge in [-0.1, -0.05) is 115 Å². The zero-order chi connectivity index (χ0) is 29.4. The molecular formula is C41H36O2. The SMILES string of the molecule is COc1ccc(Cc2ccc(-c3ccc(Cc4ccc(Oc5ccc(Cc6ccc(C)cc6)cc5)cc4)cc3)cc2)cc1. The summed E-state index contributed by atoms with van der Waals surface area (Å²) < 4.78 is 11.4. The largest absolute Gasteiger partial charge is 0.497 e. The first-order valence-electron chi connectivity index (χ1n) is 14.8. The summed E-state index contributed by atoms with van der Waals surface area (Å²) in [6.07, 6.45) is 2.72. The zero-order valence-corrected chi connectivity index (χ0v) is 24.8. The molecule has 0 aromatic heterocycles. The first-order valence-corrected chi connectivity index (χ1v) is 14.8. The van der Waals surface area contributed by atoms with Gasteiger partial charge in [-0.05, 0) is 107 Å². The Morgan fingerprint density at radius 1 is 0.349 bits per heavy atom. The Balaban J connectivity index is 1.01. The second kappa shape index (κ2) is 13.3. The van der Waals surface area contributed by atoms with Crippen molar-refractivity contribution in [3.8, 4) is 28.4 Å². The molecule has 0 saturated carbocycles. The standard InChI is InChI=1S/C41H36O2/c1-30-3-5-31(6-4-30)27-35-13-23-40(24-14-35)43-41-25-15-36(16-26-41)29-33-9-19-38(20-10-33)37-17-7-32(8-18-37)28-34-11-21-39(42-2)22-12-34/h3-26H,27-29H2,1-2H3. The number of hydrogen-bond acceptors (Lipinski definition) is 2. The summed E-state index contributed by atoms with van der Waals surface area (Å²) in [5.74, 6) is 2.59. The Kier molecular flexibility index (Phi) is 8.66. The summed E-state index contributed by atoms with van der Waals surface area (Å²) >= 11 is 0. The Labute approximate surface area is 255 Å². The maximum atomic E-state index is 6.12. The van der Waals surface area contributed by atoms with Gasteiger partial charge in [-0.15, -0.1) is 0 Å². The zero-order valence-electron chi connectivity index (χ0n) is 24.8. The Morgan fingerprint density at radius 2 is 0.628 bits per heavy atom. The minimum absolute atomic E-state index is 0.848. The highest BCUT2D eigenvalue weighted by molar-refractivity contribution is 5.64. The maximum absolute atomic E-state index is 6.12. The molecule has 6 aromatic rings. The van der Waals surface area contributed by atoms with Gasteiger partial charge in [-0.25, -0.2) is 0 Å². The van der Waals surface area contributed by atoms with Gasteiger partial charge in [0.2, 0.25) is 0 Å². The number of aryl methyl sites for hydroxylation is 1. The molecular weight excluding hydrogens is 524 g/mol. The van der Waals surface area contributed by atoms with Crippen molar-refractivity contribution in [3.63, 3.8) is 0 Å². The Morgan fingerprint density at radius 3 is 0.953 bits per heavy atom. The number of methoxy groups -OCH3 is 1. The lowest BCUT2D eigenvalue weighted by Crippen LogP contribution is -1.91. The average Bonchev–Trinajstić information content (AvgIpc) is 3.05. The van der Waals surface area contributed by atoms with Gasteiger partial charge in [0.1, 0.15) is 17.2 Å². The monoisotopic (exact) mass is 560 g/mol. The average molecular weight is 561 g/mol. The van der Waals surface area contributed by atoms with Gasteiger partial charge in [0.15, 0.2) is 0 Å². The summed E-state index contributed by atoms with van der Waals surface area (Å²) in [7, 11) is 1.70. The smallest absolute Gasteiger partial charge is 0.127 e. The molecule has 0 heterocycles. The first-order chi connectivity index (χ1) is 21.1. The third kappa shape index (κ3) is 7.61. The summed E-state index contributed by atoms with van der Waals surface area (Å²) in [5.41, 5.74) is 11.5. The molecule has 0 saturated heterocycles. The van der Waals surface area contributed by atoms with Crippen molar-refractivity contribution in [1.29, 1.82) is 0 Å². The lowest BCUT2D eigenvalue weighted by atomic mass is 9.98. The summed E-state index contributed by atoms with van der Waals surface area (Å²) in [6, 6.07) is 51.5.